The first kappa shape index (κ1) is 12.6. The molecule has 0 aromatic heterocycles. The van der Waals surface area contributed by atoms with Gasteiger partial charge >= 0.3 is 0 Å². The van der Waals surface area contributed by atoms with E-state index in [-0.39, 0.29) is 0 Å². The normalized spacial score (nSPS) is 15.8. The first-order chi connectivity index (χ1) is 6.11. The van der Waals surface area contributed by atoms with Gasteiger partial charge in [-0.05, 0) is 24.7 Å². The van der Waals surface area contributed by atoms with Gasteiger partial charge in [0.15, 0.2) is 0 Å². The second-order valence-corrected chi connectivity index (χ2v) is 4.10. The van der Waals surface area contributed by atoms with Gasteiger partial charge in [0.2, 0.25) is 0 Å². The Morgan fingerprint density at radius 2 is 1.85 bits per heavy atom. The number of aldehydes is 1. The Kier molecular flexibility index (Phi) is 6.87. The summed E-state index contributed by atoms with van der Waals surface area (Å²) in [7, 11) is 1.76. The van der Waals surface area contributed by atoms with E-state index in [1.165, 1.54) is 0 Å². The van der Waals surface area contributed by atoms with Crippen LogP contribution in [0.4, 0.5) is 0 Å². The van der Waals surface area contributed by atoms with E-state index >= 15 is 0 Å². The van der Waals surface area contributed by atoms with E-state index in [2.05, 4.69) is 20.8 Å². The van der Waals surface area contributed by atoms with E-state index in [0.29, 0.717) is 24.4 Å². The third-order valence-electron chi connectivity index (χ3n) is 2.49. The van der Waals surface area contributed by atoms with Gasteiger partial charge in [0.25, 0.3) is 0 Å². The molecule has 0 saturated carbocycles. The van der Waals surface area contributed by atoms with E-state index < -0.39 is 0 Å². The Morgan fingerprint density at radius 1 is 1.23 bits per heavy atom. The van der Waals surface area contributed by atoms with Crippen LogP contribution < -0.4 is 0 Å². The van der Waals surface area contributed by atoms with Crippen LogP contribution in [-0.2, 0) is 9.53 Å². The number of ether oxygens (including phenoxy) is 1. The summed E-state index contributed by atoms with van der Waals surface area (Å²) in [5.41, 5.74) is 0. The standard InChI is InChI=1S/C11H22O2/c1-9(2)11(13-4)6-5-10(3)7-8-12/h8-11H,5-7H2,1-4H3. The highest BCUT2D eigenvalue weighted by Gasteiger charge is 2.13. The molecule has 2 atom stereocenters. The average molecular weight is 186 g/mol. The monoisotopic (exact) mass is 186 g/mol. The minimum absolute atomic E-state index is 0.342. The molecule has 0 aromatic rings. The minimum Gasteiger partial charge on any atom is -0.381 e. The van der Waals surface area contributed by atoms with E-state index in [4.69, 9.17) is 4.74 Å². The summed E-state index contributed by atoms with van der Waals surface area (Å²) in [4.78, 5) is 10.2. The summed E-state index contributed by atoms with van der Waals surface area (Å²) < 4.78 is 5.35. The molecule has 2 unspecified atom stereocenters. The molecule has 0 aliphatic carbocycles. The van der Waals surface area contributed by atoms with Gasteiger partial charge in [0.1, 0.15) is 6.29 Å². The maximum atomic E-state index is 10.2. The molecule has 0 bridgehead atoms. The molecule has 2 nitrogen and oxygen atoms in total. The molecular formula is C11H22O2. The van der Waals surface area contributed by atoms with Crippen LogP contribution in [0.15, 0.2) is 0 Å². The molecule has 0 aliphatic heterocycles. The second kappa shape index (κ2) is 7.07. The van der Waals surface area contributed by atoms with E-state index in [0.717, 1.165) is 19.1 Å². The van der Waals surface area contributed by atoms with Crippen LogP contribution in [0.2, 0.25) is 0 Å². The van der Waals surface area contributed by atoms with E-state index in [1.807, 2.05) is 0 Å². The van der Waals surface area contributed by atoms with Gasteiger partial charge in [-0.15, -0.1) is 0 Å². The zero-order chi connectivity index (χ0) is 10.3. The summed E-state index contributed by atoms with van der Waals surface area (Å²) in [5.74, 6) is 1.06. The Balaban J connectivity index is 3.64. The minimum atomic E-state index is 0.342. The lowest BCUT2D eigenvalue weighted by Gasteiger charge is -2.20. The van der Waals surface area contributed by atoms with Crippen molar-refractivity contribution in [1.29, 1.82) is 0 Å². The van der Waals surface area contributed by atoms with Crippen LogP contribution in [0.1, 0.15) is 40.0 Å². The molecule has 0 aromatic carbocycles. The smallest absolute Gasteiger partial charge is 0.120 e. The van der Waals surface area contributed by atoms with Crippen LogP contribution in [-0.4, -0.2) is 19.5 Å². The Labute approximate surface area is 81.7 Å². The van der Waals surface area contributed by atoms with E-state index in [9.17, 15) is 4.79 Å². The van der Waals surface area contributed by atoms with Crippen LogP contribution in [0.5, 0.6) is 0 Å². The molecule has 2 heteroatoms. The quantitative estimate of drug-likeness (QED) is 0.571. The lowest BCUT2D eigenvalue weighted by molar-refractivity contribution is -0.108. The molecule has 0 amide bonds. The number of methoxy groups -OCH3 is 1. The fraction of sp³-hybridized carbons (Fsp3) is 0.909. The molecule has 0 rings (SSSR count). The van der Waals surface area contributed by atoms with Gasteiger partial charge in [-0.2, -0.15) is 0 Å². The van der Waals surface area contributed by atoms with Gasteiger partial charge in [-0.25, -0.2) is 0 Å². The van der Waals surface area contributed by atoms with Crippen molar-refractivity contribution in [3.05, 3.63) is 0 Å². The summed E-state index contributed by atoms with van der Waals surface area (Å²) in [6, 6.07) is 0. The first-order valence-corrected chi connectivity index (χ1v) is 5.08. The highest BCUT2D eigenvalue weighted by molar-refractivity contribution is 5.49. The number of hydrogen-bond donors (Lipinski definition) is 0. The summed E-state index contributed by atoms with van der Waals surface area (Å²) >= 11 is 0. The Morgan fingerprint density at radius 3 is 2.23 bits per heavy atom. The molecule has 0 N–H and O–H groups in total. The molecule has 0 fully saturated rings. The van der Waals surface area contributed by atoms with Crippen molar-refractivity contribution in [2.75, 3.05) is 7.11 Å². The largest absolute Gasteiger partial charge is 0.381 e. The van der Waals surface area contributed by atoms with Gasteiger partial charge < -0.3 is 9.53 Å². The van der Waals surface area contributed by atoms with Crippen LogP contribution in [0, 0.1) is 11.8 Å². The number of rotatable bonds is 7. The first-order valence-electron chi connectivity index (χ1n) is 5.08. The maximum absolute atomic E-state index is 10.2. The molecule has 0 aliphatic rings. The van der Waals surface area contributed by atoms with E-state index in [1.54, 1.807) is 7.11 Å². The zero-order valence-corrected chi connectivity index (χ0v) is 9.25. The Bertz CT molecular complexity index is 132. The molecular weight excluding hydrogens is 164 g/mol. The summed E-state index contributed by atoms with van der Waals surface area (Å²) in [5, 5.41) is 0. The fourth-order valence-electron chi connectivity index (χ4n) is 1.45. The molecule has 0 heterocycles. The van der Waals surface area contributed by atoms with Crippen molar-refractivity contribution < 1.29 is 9.53 Å². The van der Waals surface area contributed by atoms with Crippen molar-refractivity contribution in [2.24, 2.45) is 11.8 Å². The van der Waals surface area contributed by atoms with Crippen LogP contribution in [0.25, 0.3) is 0 Å². The topological polar surface area (TPSA) is 26.3 Å². The van der Waals surface area contributed by atoms with Gasteiger partial charge in [0, 0.05) is 13.5 Å². The Hall–Kier alpha value is -0.370. The van der Waals surface area contributed by atoms with Crippen LogP contribution >= 0.6 is 0 Å². The number of carbonyl (C=O) groups excluding carboxylic acids is 1. The SMILES string of the molecule is COC(CCC(C)CC=O)C(C)C. The summed E-state index contributed by atoms with van der Waals surface area (Å²) in [6.07, 6.45) is 4.16. The number of carbonyl (C=O) groups is 1. The lowest BCUT2D eigenvalue weighted by atomic mass is 9.95. The molecule has 0 radical (unpaired) electrons. The highest BCUT2D eigenvalue weighted by atomic mass is 16.5. The van der Waals surface area contributed by atoms with Crippen molar-refractivity contribution >= 4 is 6.29 Å². The van der Waals surface area contributed by atoms with Crippen LogP contribution in [0.3, 0.4) is 0 Å². The third-order valence-corrected chi connectivity index (χ3v) is 2.49. The molecule has 13 heavy (non-hydrogen) atoms. The fourth-order valence-corrected chi connectivity index (χ4v) is 1.45. The predicted octanol–water partition coefficient (Wildman–Crippen LogP) is 2.66. The summed E-state index contributed by atoms with van der Waals surface area (Å²) in [6.45, 7) is 6.44. The predicted molar refractivity (Wildman–Crippen MR) is 54.7 cm³/mol. The molecule has 0 spiro atoms. The lowest BCUT2D eigenvalue weighted by Crippen LogP contribution is -2.18. The second-order valence-electron chi connectivity index (χ2n) is 4.10. The van der Waals surface area contributed by atoms with Gasteiger partial charge in [-0.3, -0.25) is 0 Å². The maximum Gasteiger partial charge on any atom is 0.120 e. The molecule has 78 valence electrons. The highest BCUT2D eigenvalue weighted by Crippen LogP contribution is 2.17. The van der Waals surface area contributed by atoms with Gasteiger partial charge in [0.05, 0.1) is 6.10 Å². The third kappa shape index (κ3) is 5.81. The number of hydrogen-bond acceptors (Lipinski definition) is 2. The van der Waals surface area contributed by atoms with Crippen molar-refractivity contribution in [2.45, 2.75) is 46.1 Å². The van der Waals surface area contributed by atoms with Crippen molar-refractivity contribution in [3.8, 4) is 0 Å². The van der Waals surface area contributed by atoms with Gasteiger partial charge in [-0.1, -0.05) is 20.8 Å². The van der Waals surface area contributed by atoms with Crippen molar-refractivity contribution in [3.63, 3.8) is 0 Å². The zero-order valence-electron chi connectivity index (χ0n) is 9.25. The average Bonchev–Trinajstić information content (AvgIpc) is 2.05. The van der Waals surface area contributed by atoms with Crippen molar-refractivity contribution in [1.82, 2.24) is 0 Å². The molecule has 0 saturated heterocycles.